The molecule has 0 bridgehead atoms. The minimum absolute atomic E-state index is 0.0764. The van der Waals surface area contributed by atoms with Crippen LogP contribution in [0.15, 0.2) is 72.8 Å². The molecular formula is C31H35N3O11. The molecule has 0 fully saturated rings. The highest BCUT2D eigenvalue weighted by atomic mass is 16.6. The van der Waals surface area contributed by atoms with E-state index in [-0.39, 0.29) is 49.1 Å². The third-order valence-electron chi connectivity index (χ3n) is 5.99. The summed E-state index contributed by atoms with van der Waals surface area (Å²) in [6, 6.07) is 18.0. The molecule has 0 saturated heterocycles. The summed E-state index contributed by atoms with van der Waals surface area (Å²) in [5, 5.41) is 17.4. The highest BCUT2D eigenvalue weighted by molar-refractivity contribution is 5.82. The first-order valence-electron chi connectivity index (χ1n) is 13.9. The first kappa shape index (κ1) is 33.8. The van der Waals surface area contributed by atoms with E-state index in [4.69, 9.17) is 28.4 Å². The molecule has 14 nitrogen and oxygen atoms in total. The van der Waals surface area contributed by atoms with Crippen molar-refractivity contribution in [3.8, 4) is 34.5 Å². The lowest BCUT2D eigenvalue weighted by Gasteiger charge is -2.18. The molecule has 0 aliphatic rings. The molecule has 4 N–H and O–H groups in total. The Labute approximate surface area is 259 Å². The number of hydrogen-bond acceptors (Lipinski definition) is 11. The fraction of sp³-hybridized carbons (Fsp3) is 0.290. The summed E-state index contributed by atoms with van der Waals surface area (Å²) in [6.45, 7) is -0.0772. The van der Waals surface area contributed by atoms with Gasteiger partial charge in [0.1, 0.15) is 12.6 Å². The number of esters is 1. The normalized spacial score (nSPS) is 10.9. The van der Waals surface area contributed by atoms with Crippen LogP contribution in [-0.4, -0.2) is 69.3 Å². The Balaban J connectivity index is 1.47. The van der Waals surface area contributed by atoms with E-state index in [1.54, 1.807) is 60.7 Å². The van der Waals surface area contributed by atoms with Crippen molar-refractivity contribution in [3.63, 3.8) is 0 Å². The lowest BCUT2D eigenvalue weighted by atomic mass is 10.1. The fourth-order valence-corrected chi connectivity index (χ4v) is 3.81. The van der Waals surface area contributed by atoms with Crippen molar-refractivity contribution in [3.05, 3.63) is 72.8 Å². The van der Waals surface area contributed by atoms with Crippen LogP contribution in [0.25, 0.3) is 0 Å². The number of para-hydroxylation sites is 6. The van der Waals surface area contributed by atoms with E-state index in [1.165, 1.54) is 26.4 Å². The number of aromatic hydroxyl groups is 1. The maximum atomic E-state index is 12.8. The monoisotopic (exact) mass is 625 g/mol. The number of carbonyl (C=O) groups is 4. The molecular weight excluding hydrogens is 590 g/mol. The Morgan fingerprint density at radius 2 is 1.13 bits per heavy atom. The maximum absolute atomic E-state index is 12.8. The van der Waals surface area contributed by atoms with Gasteiger partial charge in [-0.2, -0.15) is 0 Å². The van der Waals surface area contributed by atoms with Crippen molar-refractivity contribution in [2.45, 2.75) is 25.3 Å². The number of phenols is 1. The minimum atomic E-state index is -1.13. The molecule has 1 atom stereocenters. The van der Waals surface area contributed by atoms with Crippen LogP contribution in [0.4, 0.5) is 14.4 Å². The van der Waals surface area contributed by atoms with Crippen molar-refractivity contribution in [2.24, 2.45) is 0 Å². The van der Waals surface area contributed by atoms with Gasteiger partial charge >= 0.3 is 24.2 Å². The van der Waals surface area contributed by atoms with Gasteiger partial charge in [-0.1, -0.05) is 36.4 Å². The zero-order chi connectivity index (χ0) is 32.4. The van der Waals surface area contributed by atoms with Gasteiger partial charge in [0.2, 0.25) is 0 Å². The Morgan fingerprint density at radius 3 is 1.69 bits per heavy atom. The van der Waals surface area contributed by atoms with Crippen LogP contribution in [-0.2, 0) is 9.53 Å². The molecule has 240 valence electrons. The lowest BCUT2D eigenvalue weighted by molar-refractivity contribution is -0.146. The van der Waals surface area contributed by atoms with Gasteiger partial charge < -0.3 is 49.5 Å². The highest BCUT2D eigenvalue weighted by Gasteiger charge is 2.24. The van der Waals surface area contributed by atoms with E-state index in [0.717, 1.165) is 0 Å². The highest BCUT2D eigenvalue weighted by Crippen LogP contribution is 2.27. The van der Waals surface area contributed by atoms with E-state index >= 15 is 0 Å². The third kappa shape index (κ3) is 11.5. The predicted octanol–water partition coefficient (Wildman–Crippen LogP) is 4.16. The summed E-state index contributed by atoms with van der Waals surface area (Å²) in [5.41, 5.74) is 0. The van der Waals surface area contributed by atoms with Crippen LogP contribution in [0.3, 0.4) is 0 Å². The first-order valence-corrected chi connectivity index (χ1v) is 13.9. The molecule has 0 spiro atoms. The van der Waals surface area contributed by atoms with Gasteiger partial charge in [0.05, 0.1) is 20.8 Å². The summed E-state index contributed by atoms with van der Waals surface area (Å²) in [4.78, 5) is 49.6. The van der Waals surface area contributed by atoms with Crippen LogP contribution in [0.1, 0.15) is 19.3 Å². The Morgan fingerprint density at radius 1 is 0.644 bits per heavy atom. The molecule has 0 saturated carbocycles. The number of hydrogen-bond donors (Lipinski definition) is 4. The predicted molar refractivity (Wildman–Crippen MR) is 160 cm³/mol. The van der Waals surface area contributed by atoms with Crippen LogP contribution < -0.4 is 39.6 Å². The van der Waals surface area contributed by atoms with Crippen molar-refractivity contribution >= 4 is 24.2 Å². The molecule has 45 heavy (non-hydrogen) atoms. The van der Waals surface area contributed by atoms with Crippen molar-refractivity contribution in [1.82, 2.24) is 16.0 Å². The number of amides is 3. The Kier molecular flexibility index (Phi) is 13.6. The Bertz CT molecular complexity index is 1430. The van der Waals surface area contributed by atoms with Gasteiger partial charge in [-0.25, -0.2) is 19.2 Å². The summed E-state index contributed by atoms with van der Waals surface area (Å²) in [6.07, 6.45) is -1.52. The van der Waals surface area contributed by atoms with E-state index in [0.29, 0.717) is 24.3 Å². The molecule has 0 aliphatic heterocycles. The summed E-state index contributed by atoms with van der Waals surface area (Å²) < 4.78 is 31.1. The average molecular weight is 626 g/mol. The quantitative estimate of drug-likeness (QED) is 0.141. The smallest absolute Gasteiger partial charge is 0.413 e. The van der Waals surface area contributed by atoms with Gasteiger partial charge in [-0.3, -0.25) is 0 Å². The molecule has 3 aromatic carbocycles. The zero-order valence-corrected chi connectivity index (χ0v) is 24.8. The Hall–Kier alpha value is -5.66. The number of ether oxygens (including phenoxy) is 6. The van der Waals surface area contributed by atoms with Crippen LogP contribution in [0.2, 0.25) is 0 Å². The minimum Gasteiger partial charge on any atom is -0.504 e. The second kappa shape index (κ2) is 18.1. The number of unbranched alkanes of at least 4 members (excludes halogenated alkanes) is 1. The maximum Gasteiger partial charge on any atom is 0.413 e. The first-order chi connectivity index (χ1) is 21.8. The van der Waals surface area contributed by atoms with E-state index in [9.17, 15) is 24.3 Å². The van der Waals surface area contributed by atoms with Crippen LogP contribution >= 0.6 is 0 Å². The second-order valence-corrected chi connectivity index (χ2v) is 9.15. The standard InChI is InChI=1S/C31H35N3O11/c1-40-24-14-5-7-16-26(24)44-29(37)32-18-10-9-11-21(34-31(39)43-23-13-4-3-12-22(23)35)28(36)42-20-19-33-30(38)45-27-17-8-6-15-25(27)41-2/h3-8,12-17,21,35H,9-11,18-20H2,1-2H3,(H,32,37)(H,33,38)(H,34,39). The van der Waals surface area contributed by atoms with Gasteiger partial charge in [0.15, 0.2) is 34.5 Å². The average Bonchev–Trinajstić information content (AvgIpc) is 3.04. The number of nitrogens with one attached hydrogen (secondary N) is 3. The van der Waals surface area contributed by atoms with Crippen molar-refractivity contribution in [1.29, 1.82) is 0 Å². The number of benzene rings is 3. The molecule has 14 heteroatoms. The molecule has 1 unspecified atom stereocenters. The largest absolute Gasteiger partial charge is 0.504 e. The molecule has 3 rings (SSSR count). The number of methoxy groups -OCH3 is 2. The number of phenolic OH excluding ortho intramolecular Hbond substituents is 1. The van der Waals surface area contributed by atoms with E-state index in [2.05, 4.69) is 16.0 Å². The van der Waals surface area contributed by atoms with Crippen molar-refractivity contribution in [2.75, 3.05) is 33.9 Å². The lowest BCUT2D eigenvalue weighted by Crippen LogP contribution is -2.44. The zero-order valence-electron chi connectivity index (χ0n) is 24.8. The summed E-state index contributed by atoms with van der Waals surface area (Å²) in [5.74, 6) is 0.0973. The second-order valence-electron chi connectivity index (χ2n) is 9.15. The van der Waals surface area contributed by atoms with Crippen LogP contribution in [0.5, 0.6) is 34.5 Å². The van der Waals surface area contributed by atoms with Gasteiger partial charge in [-0.15, -0.1) is 0 Å². The fourth-order valence-electron chi connectivity index (χ4n) is 3.81. The SMILES string of the molecule is COc1ccccc1OC(=O)NCCCCC(NC(=O)Oc1ccccc1O)C(=O)OCCNC(=O)Oc1ccccc1OC. The van der Waals surface area contributed by atoms with E-state index < -0.39 is 30.3 Å². The van der Waals surface area contributed by atoms with E-state index in [1.807, 2.05) is 0 Å². The van der Waals surface area contributed by atoms with Crippen molar-refractivity contribution < 1.29 is 52.7 Å². The molecule has 0 aromatic heterocycles. The molecule has 3 aromatic rings. The molecule has 0 aliphatic carbocycles. The number of carbonyl (C=O) groups excluding carboxylic acids is 4. The topological polar surface area (TPSA) is 180 Å². The van der Waals surface area contributed by atoms with Gasteiger partial charge in [-0.05, 0) is 55.7 Å². The van der Waals surface area contributed by atoms with Crippen LogP contribution in [0, 0.1) is 0 Å². The molecule has 3 amide bonds. The number of rotatable bonds is 15. The third-order valence-corrected chi connectivity index (χ3v) is 5.99. The summed E-state index contributed by atoms with van der Waals surface area (Å²) >= 11 is 0. The molecule has 0 heterocycles. The summed E-state index contributed by atoms with van der Waals surface area (Å²) in [7, 11) is 2.90. The molecule has 0 radical (unpaired) electrons. The van der Waals surface area contributed by atoms with Gasteiger partial charge in [0.25, 0.3) is 0 Å². The van der Waals surface area contributed by atoms with Gasteiger partial charge in [0, 0.05) is 6.54 Å².